The Morgan fingerprint density at radius 2 is 2.00 bits per heavy atom. The van der Waals surface area contributed by atoms with E-state index < -0.39 is 39.5 Å². The van der Waals surface area contributed by atoms with Crippen LogP contribution in [0.25, 0.3) is 0 Å². The monoisotopic (exact) mass is 304 g/mol. The van der Waals surface area contributed by atoms with E-state index >= 15 is 0 Å². The topological polar surface area (TPSA) is 92.5 Å². The Kier molecular flexibility index (Phi) is 3.52. The zero-order chi connectivity index (χ0) is 15.8. The van der Waals surface area contributed by atoms with Crippen LogP contribution in [0.1, 0.15) is 24.8 Å². The first-order valence-corrected chi connectivity index (χ1v) is 6.03. The smallest absolute Gasteiger partial charge is 0.418 e. The summed E-state index contributed by atoms with van der Waals surface area (Å²) in [5, 5.41) is 22.1. The van der Waals surface area contributed by atoms with Gasteiger partial charge in [0.15, 0.2) is 0 Å². The third-order valence-electron chi connectivity index (χ3n) is 3.51. The summed E-state index contributed by atoms with van der Waals surface area (Å²) in [6.45, 7) is 0. The van der Waals surface area contributed by atoms with Crippen LogP contribution < -0.4 is 5.32 Å². The first kappa shape index (κ1) is 15.1. The molecule has 1 aromatic rings. The second-order valence-electron chi connectivity index (χ2n) is 4.85. The number of nitrogens with zero attached hydrogens (tertiary/aromatic N) is 1. The molecule has 21 heavy (non-hydrogen) atoms. The van der Waals surface area contributed by atoms with Crippen molar-refractivity contribution in [2.75, 3.05) is 5.32 Å². The molecule has 0 bridgehead atoms. The molecule has 0 spiro atoms. The molecule has 0 aliphatic heterocycles. The van der Waals surface area contributed by atoms with Crippen molar-refractivity contribution in [3.63, 3.8) is 0 Å². The van der Waals surface area contributed by atoms with E-state index in [1.54, 1.807) is 0 Å². The Morgan fingerprint density at radius 3 is 2.38 bits per heavy atom. The number of halogens is 3. The highest BCUT2D eigenvalue weighted by Gasteiger charge is 2.46. The van der Waals surface area contributed by atoms with Crippen molar-refractivity contribution in [3.05, 3.63) is 33.9 Å². The van der Waals surface area contributed by atoms with E-state index in [2.05, 4.69) is 5.32 Å². The van der Waals surface area contributed by atoms with Crippen molar-refractivity contribution in [2.45, 2.75) is 31.0 Å². The van der Waals surface area contributed by atoms with Crippen LogP contribution in [0.4, 0.5) is 24.5 Å². The Morgan fingerprint density at radius 1 is 1.38 bits per heavy atom. The van der Waals surface area contributed by atoms with E-state index in [4.69, 9.17) is 5.11 Å². The van der Waals surface area contributed by atoms with Gasteiger partial charge in [-0.2, -0.15) is 13.2 Å². The molecule has 0 radical (unpaired) electrons. The molecule has 1 aliphatic rings. The highest BCUT2D eigenvalue weighted by atomic mass is 19.4. The fourth-order valence-electron chi connectivity index (χ4n) is 2.17. The third-order valence-corrected chi connectivity index (χ3v) is 3.51. The summed E-state index contributed by atoms with van der Waals surface area (Å²) in [7, 11) is 0. The maximum atomic E-state index is 13.0. The number of rotatable bonds is 4. The lowest BCUT2D eigenvalue weighted by atomic mass is 9.76. The molecule has 1 fully saturated rings. The van der Waals surface area contributed by atoms with Crippen LogP contribution in [0.5, 0.6) is 0 Å². The summed E-state index contributed by atoms with van der Waals surface area (Å²) in [6.07, 6.45) is -3.82. The summed E-state index contributed by atoms with van der Waals surface area (Å²) in [5.74, 6) is -1.24. The molecule has 1 saturated carbocycles. The highest BCUT2D eigenvalue weighted by Crippen LogP contribution is 2.41. The zero-order valence-corrected chi connectivity index (χ0v) is 10.6. The number of carbonyl (C=O) groups is 1. The number of nitro benzene ring substituents is 1. The van der Waals surface area contributed by atoms with Gasteiger partial charge in [-0.1, -0.05) is 0 Å². The Labute approximate surface area is 116 Å². The third kappa shape index (κ3) is 2.76. The summed E-state index contributed by atoms with van der Waals surface area (Å²) in [6, 6.07) is 2.20. The molecule has 0 amide bonds. The number of carboxylic acids is 1. The predicted octanol–water partition coefficient (Wildman–Crippen LogP) is 3.03. The molecule has 0 atom stereocenters. The Balaban J connectivity index is 2.43. The predicted molar refractivity (Wildman–Crippen MR) is 65.9 cm³/mol. The van der Waals surface area contributed by atoms with Gasteiger partial charge in [0, 0.05) is 17.8 Å². The van der Waals surface area contributed by atoms with Crippen LogP contribution in [0.2, 0.25) is 0 Å². The zero-order valence-electron chi connectivity index (χ0n) is 10.6. The van der Waals surface area contributed by atoms with E-state index in [0.29, 0.717) is 12.5 Å². The normalized spacial score (nSPS) is 16.9. The average molecular weight is 304 g/mol. The average Bonchev–Trinajstić information content (AvgIpc) is 2.31. The second-order valence-corrected chi connectivity index (χ2v) is 4.85. The highest BCUT2D eigenvalue weighted by molar-refractivity contribution is 5.84. The van der Waals surface area contributed by atoms with E-state index in [0.717, 1.165) is 12.1 Å². The number of alkyl halides is 3. The molecule has 1 aliphatic carbocycles. The molecule has 6 nitrogen and oxygen atoms in total. The van der Waals surface area contributed by atoms with Crippen LogP contribution in [0.15, 0.2) is 18.2 Å². The lowest BCUT2D eigenvalue weighted by Gasteiger charge is -2.39. The molecule has 0 aromatic heterocycles. The van der Waals surface area contributed by atoms with E-state index in [9.17, 15) is 28.1 Å². The standard InChI is InChI=1S/C12H11F3N2O4/c13-12(14,15)8-6-7(17(20)21)2-3-9(8)16-11(10(18)19)4-1-5-11/h2-3,6,16H,1,4-5H2,(H,18,19). The van der Waals surface area contributed by atoms with Gasteiger partial charge in [-0.25, -0.2) is 4.79 Å². The number of hydrogen-bond acceptors (Lipinski definition) is 4. The minimum absolute atomic E-state index is 0.205. The van der Waals surface area contributed by atoms with Gasteiger partial charge in [-0.3, -0.25) is 10.1 Å². The van der Waals surface area contributed by atoms with Crippen molar-refractivity contribution in [3.8, 4) is 0 Å². The number of nitro groups is 1. The molecule has 0 saturated heterocycles. The van der Waals surface area contributed by atoms with Crippen molar-refractivity contribution in [2.24, 2.45) is 0 Å². The van der Waals surface area contributed by atoms with Gasteiger partial charge in [0.05, 0.1) is 10.5 Å². The van der Waals surface area contributed by atoms with Gasteiger partial charge in [0.1, 0.15) is 5.54 Å². The first-order valence-electron chi connectivity index (χ1n) is 6.03. The van der Waals surface area contributed by atoms with E-state index in [1.807, 2.05) is 0 Å². The van der Waals surface area contributed by atoms with E-state index in [1.165, 1.54) is 0 Å². The van der Waals surface area contributed by atoms with Crippen molar-refractivity contribution in [1.82, 2.24) is 0 Å². The number of anilines is 1. The summed E-state index contributed by atoms with van der Waals surface area (Å²) in [5.41, 5.74) is -3.85. The van der Waals surface area contributed by atoms with Gasteiger partial charge in [-0.15, -0.1) is 0 Å². The maximum absolute atomic E-state index is 13.0. The number of carboxylic acid groups (broad SMARTS) is 1. The minimum Gasteiger partial charge on any atom is -0.480 e. The largest absolute Gasteiger partial charge is 0.480 e. The van der Waals surface area contributed by atoms with Gasteiger partial charge < -0.3 is 10.4 Å². The number of hydrogen-bond donors (Lipinski definition) is 2. The molecule has 2 N–H and O–H groups in total. The number of non-ortho nitro benzene ring substituents is 1. The van der Waals surface area contributed by atoms with Gasteiger partial charge in [0.25, 0.3) is 5.69 Å². The number of benzene rings is 1. The summed E-state index contributed by atoms with van der Waals surface area (Å²) >= 11 is 0. The molecule has 0 unspecified atom stereocenters. The molecule has 9 heteroatoms. The van der Waals surface area contributed by atoms with Crippen molar-refractivity contribution in [1.29, 1.82) is 0 Å². The SMILES string of the molecule is O=C(O)C1(Nc2ccc([N+](=O)[O-])cc2C(F)(F)F)CCC1. The fraction of sp³-hybridized carbons (Fsp3) is 0.417. The second kappa shape index (κ2) is 4.90. The maximum Gasteiger partial charge on any atom is 0.418 e. The van der Waals surface area contributed by atoms with Gasteiger partial charge in [0.2, 0.25) is 0 Å². The van der Waals surface area contributed by atoms with E-state index in [-0.39, 0.29) is 12.8 Å². The van der Waals surface area contributed by atoms with Crippen LogP contribution in [-0.2, 0) is 11.0 Å². The lowest BCUT2D eigenvalue weighted by Crippen LogP contribution is -2.52. The lowest BCUT2D eigenvalue weighted by molar-refractivity contribution is -0.385. The van der Waals surface area contributed by atoms with Crippen LogP contribution >= 0.6 is 0 Å². The minimum atomic E-state index is -4.82. The van der Waals surface area contributed by atoms with Crippen LogP contribution in [0.3, 0.4) is 0 Å². The Hall–Kier alpha value is -2.32. The Bertz CT molecular complexity index is 597. The number of aliphatic carboxylic acids is 1. The van der Waals surface area contributed by atoms with Crippen LogP contribution in [0, 0.1) is 10.1 Å². The quantitative estimate of drug-likeness (QED) is 0.659. The van der Waals surface area contributed by atoms with Gasteiger partial charge >= 0.3 is 12.1 Å². The number of nitrogens with one attached hydrogen (secondary N) is 1. The molecular weight excluding hydrogens is 293 g/mol. The molecule has 1 aromatic carbocycles. The van der Waals surface area contributed by atoms with Crippen molar-refractivity contribution < 1.29 is 28.0 Å². The van der Waals surface area contributed by atoms with Crippen molar-refractivity contribution >= 4 is 17.3 Å². The molecule has 2 rings (SSSR count). The molecule has 114 valence electrons. The van der Waals surface area contributed by atoms with Crippen LogP contribution in [-0.4, -0.2) is 21.5 Å². The van der Waals surface area contributed by atoms with Gasteiger partial charge in [-0.05, 0) is 25.3 Å². The first-order chi connectivity index (χ1) is 9.66. The summed E-state index contributed by atoms with van der Waals surface area (Å²) < 4.78 is 38.9. The molecule has 0 heterocycles. The molecular formula is C12H11F3N2O4. The summed E-state index contributed by atoms with van der Waals surface area (Å²) in [4.78, 5) is 20.8. The fourth-order valence-corrected chi connectivity index (χ4v) is 2.17.